The Hall–Kier alpha value is 0.567. The summed E-state index contributed by atoms with van der Waals surface area (Å²) < 4.78 is 18.1. The minimum atomic E-state index is -1.83. The predicted molar refractivity (Wildman–Crippen MR) is 98.8 cm³/mol. The lowest BCUT2D eigenvalue weighted by Gasteiger charge is -2.16. The Morgan fingerprint density at radius 2 is 1.15 bits per heavy atom. The van der Waals surface area contributed by atoms with Crippen molar-refractivity contribution in [1.29, 1.82) is 0 Å². The highest BCUT2D eigenvalue weighted by molar-refractivity contribution is 14.1. The molecule has 3 nitrogen and oxygen atoms in total. The number of rotatable bonds is 13. The van der Waals surface area contributed by atoms with Crippen molar-refractivity contribution >= 4 is 32.1 Å². The highest BCUT2D eigenvalue weighted by Gasteiger charge is 2.14. The second-order valence-electron chi connectivity index (χ2n) is 4.40. The van der Waals surface area contributed by atoms with Crippen molar-refractivity contribution in [2.45, 2.75) is 59.3 Å². The molecule has 0 N–H and O–H groups in total. The monoisotopic (exact) mass is 416 g/mol. The van der Waals surface area contributed by atoms with Gasteiger partial charge in [0.1, 0.15) is 0 Å². The summed E-state index contributed by atoms with van der Waals surface area (Å²) in [5.41, 5.74) is 0. The summed E-state index contributed by atoms with van der Waals surface area (Å²) in [7, 11) is -1.83. The first kappa shape index (κ1) is 22.8. The molecule has 0 unspecified atom stereocenters. The van der Waals surface area contributed by atoms with Crippen LogP contribution in [-0.2, 0) is 13.3 Å². The number of halogens is 1. The summed E-state index contributed by atoms with van der Waals surface area (Å²) in [4.78, 5) is 0. The summed E-state index contributed by atoms with van der Waals surface area (Å²) in [6.07, 6.45) is 8.62. The van der Waals surface area contributed by atoms with Crippen LogP contribution >= 0.6 is 22.6 Å². The lowest BCUT2D eigenvalue weighted by atomic mass is 10.4. The molecule has 0 aromatic rings. The average molecular weight is 416 g/mol. The number of hydrogen-bond acceptors (Lipinski definition) is 3. The molecule has 0 aromatic heterocycles. The van der Waals surface area contributed by atoms with E-state index in [0.29, 0.717) is 0 Å². The van der Waals surface area contributed by atoms with E-state index in [9.17, 15) is 0 Å². The maximum absolute atomic E-state index is 5.67. The zero-order valence-electron chi connectivity index (χ0n) is 13.5. The lowest BCUT2D eigenvalue weighted by molar-refractivity contribution is 0.0899. The van der Waals surface area contributed by atoms with Gasteiger partial charge in [0.25, 0.3) is 0 Å². The minimum absolute atomic E-state index is 0.783. The molecule has 0 atom stereocenters. The van der Waals surface area contributed by atoms with Crippen LogP contribution in [-0.4, -0.2) is 33.8 Å². The molecule has 0 saturated heterocycles. The van der Waals surface area contributed by atoms with Gasteiger partial charge in [0.15, 0.2) is 0 Å². The highest BCUT2D eigenvalue weighted by Crippen LogP contribution is 2.00. The molecule has 0 bridgehead atoms. The molecule has 0 aromatic carbocycles. The Balaban J connectivity index is 0. The zero-order valence-corrected chi connectivity index (χ0v) is 16.8. The molecule has 0 saturated carbocycles. The van der Waals surface area contributed by atoms with Gasteiger partial charge in [-0.25, -0.2) is 0 Å². The molecule has 0 heterocycles. The van der Waals surface area contributed by atoms with Gasteiger partial charge in [-0.05, 0) is 19.3 Å². The summed E-state index contributed by atoms with van der Waals surface area (Å²) >= 11 is 2.23. The fourth-order valence-corrected chi connectivity index (χ4v) is 2.48. The van der Waals surface area contributed by atoms with Crippen molar-refractivity contribution in [3.63, 3.8) is 0 Å². The maximum atomic E-state index is 5.67. The predicted octanol–water partition coefficient (Wildman–Crippen LogP) is 4.76. The fourth-order valence-electron chi connectivity index (χ4n) is 1.12. The van der Waals surface area contributed by atoms with Crippen LogP contribution in [0.2, 0.25) is 0 Å². The summed E-state index contributed by atoms with van der Waals surface area (Å²) in [6, 6.07) is 0. The van der Waals surface area contributed by atoms with Gasteiger partial charge in [0.05, 0.1) is 0 Å². The normalized spacial score (nSPS) is 10.2. The third kappa shape index (κ3) is 20.9. The number of allylic oxidation sites excluding steroid dienone is 1. The molecular weight excluding hydrogens is 383 g/mol. The van der Waals surface area contributed by atoms with Crippen LogP contribution in [0, 0.1) is 0 Å². The van der Waals surface area contributed by atoms with Crippen molar-refractivity contribution in [2.75, 3.05) is 24.2 Å². The van der Waals surface area contributed by atoms with Gasteiger partial charge in [0, 0.05) is 24.2 Å². The van der Waals surface area contributed by atoms with E-state index in [4.69, 9.17) is 13.3 Å². The summed E-state index contributed by atoms with van der Waals surface area (Å²) in [6.45, 7) is 12.3. The highest BCUT2D eigenvalue weighted by atomic mass is 127. The van der Waals surface area contributed by atoms with Crippen molar-refractivity contribution in [3.05, 3.63) is 12.7 Å². The number of unbranched alkanes of at least 4 members (excludes halogenated alkanes) is 3. The first-order valence-corrected chi connectivity index (χ1v) is 10.7. The Morgan fingerprint density at radius 1 is 0.850 bits per heavy atom. The lowest BCUT2D eigenvalue weighted by Crippen LogP contribution is -2.28. The molecule has 122 valence electrons. The first-order valence-electron chi connectivity index (χ1n) is 7.78. The first-order chi connectivity index (χ1) is 9.76. The molecule has 0 amide bonds. The second kappa shape index (κ2) is 21.9. The summed E-state index contributed by atoms with van der Waals surface area (Å²) in [5, 5.41) is 0. The quantitative estimate of drug-likeness (QED) is 0.142. The largest absolute Gasteiger partial charge is 0.484 e. The third-order valence-corrected chi connectivity index (χ3v) is 4.51. The van der Waals surface area contributed by atoms with Crippen molar-refractivity contribution in [1.82, 2.24) is 0 Å². The fraction of sp³-hybridized carbons (Fsp3) is 0.867. The van der Waals surface area contributed by atoms with E-state index < -0.39 is 9.53 Å². The van der Waals surface area contributed by atoms with Crippen LogP contribution in [0.25, 0.3) is 0 Å². The standard InChI is InChI=1S/C12H28O3Si.C3H5I/c1-4-7-10-13-16(14-11-8-5-2)15-12-9-6-3;1-2-3-4/h16H,4-12H2,1-3H3;2H,1,3H2. The third-order valence-electron chi connectivity index (χ3n) is 2.36. The van der Waals surface area contributed by atoms with E-state index in [1.165, 1.54) is 0 Å². The van der Waals surface area contributed by atoms with Crippen LogP contribution in [0.5, 0.6) is 0 Å². The Bertz CT molecular complexity index is 159. The summed E-state index contributed by atoms with van der Waals surface area (Å²) in [5.74, 6) is 0. The van der Waals surface area contributed by atoms with Crippen molar-refractivity contribution < 1.29 is 13.3 Å². The van der Waals surface area contributed by atoms with E-state index in [0.717, 1.165) is 62.8 Å². The molecule has 5 heteroatoms. The van der Waals surface area contributed by atoms with Crippen LogP contribution < -0.4 is 0 Å². The van der Waals surface area contributed by atoms with Crippen molar-refractivity contribution in [2.24, 2.45) is 0 Å². The Kier molecular flexibility index (Phi) is 25.0. The van der Waals surface area contributed by atoms with Crippen LogP contribution in [0.3, 0.4) is 0 Å². The molecule has 20 heavy (non-hydrogen) atoms. The smallest absolute Gasteiger partial charge is 0.376 e. The topological polar surface area (TPSA) is 27.7 Å². The molecule has 0 spiro atoms. The van der Waals surface area contributed by atoms with Gasteiger partial charge in [-0.2, -0.15) is 0 Å². The van der Waals surface area contributed by atoms with E-state index in [-0.39, 0.29) is 0 Å². The van der Waals surface area contributed by atoms with Gasteiger partial charge in [-0.1, -0.05) is 68.7 Å². The molecule has 0 fully saturated rings. The van der Waals surface area contributed by atoms with Crippen LogP contribution in [0.15, 0.2) is 12.7 Å². The molecule has 0 radical (unpaired) electrons. The van der Waals surface area contributed by atoms with Gasteiger partial charge in [-0.15, -0.1) is 6.58 Å². The van der Waals surface area contributed by atoms with Gasteiger partial charge in [0.2, 0.25) is 0 Å². The minimum Gasteiger partial charge on any atom is -0.376 e. The van der Waals surface area contributed by atoms with Crippen LogP contribution in [0.4, 0.5) is 0 Å². The molecule has 0 aliphatic rings. The van der Waals surface area contributed by atoms with E-state index in [2.05, 4.69) is 49.9 Å². The Morgan fingerprint density at radius 3 is 1.35 bits per heavy atom. The molecular formula is C15H33IO3Si. The van der Waals surface area contributed by atoms with E-state index in [1.807, 2.05) is 6.08 Å². The SMILES string of the molecule is C=CCI.CCCCO[SiH](OCCCC)OCCCC. The van der Waals surface area contributed by atoms with Gasteiger partial charge >= 0.3 is 9.53 Å². The second-order valence-corrected chi connectivity index (χ2v) is 6.86. The molecule has 0 aliphatic heterocycles. The molecule has 0 aliphatic carbocycles. The zero-order chi connectivity index (χ0) is 15.5. The number of hydrogen-bond donors (Lipinski definition) is 0. The van der Waals surface area contributed by atoms with Crippen LogP contribution in [0.1, 0.15) is 59.3 Å². The molecule has 0 rings (SSSR count). The number of alkyl halides is 1. The van der Waals surface area contributed by atoms with E-state index in [1.54, 1.807) is 0 Å². The maximum Gasteiger partial charge on any atom is 0.484 e. The Labute approximate surface area is 141 Å². The van der Waals surface area contributed by atoms with Crippen molar-refractivity contribution in [3.8, 4) is 0 Å². The van der Waals surface area contributed by atoms with Gasteiger partial charge < -0.3 is 13.3 Å². The van der Waals surface area contributed by atoms with E-state index >= 15 is 0 Å². The van der Waals surface area contributed by atoms with Gasteiger partial charge in [-0.3, -0.25) is 0 Å². The average Bonchev–Trinajstić information content (AvgIpc) is 2.47.